The normalized spacial score (nSPS) is 17.1. The Balaban J connectivity index is 1.60. The summed E-state index contributed by atoms with van der Waals surface area (Å²) in [7, 11) is 0. The topological polar surface area (TPSA) is 95.3 Å². The Morgan fingerprint density at radius 1 is 1.43 bits per heavy atom. The van der Waals surface area contributed by atoms with Crippen LogP contribution in [0.3, 0.4) is 0 Å². The third-order valence-corrected chi connectivity index (χ3v) is 5.10. The van der Waals surface area contributed by atoms with Crippen molar-refractivity contribution in [3.05, 3.63) is 46.4 Å². The van der Waals surface area contributed by atoms with Crippen LogP contribution in [0.2, 0.25) is 0 Å². The number of aromatic nitrogens is 1. The van der Waals surface area contributed by atoms with Gasteiger partial charge >= 0.3 is 5.97 Å². The third kappa shape index (κ3) is 2.33. The molecule has 0 radical (unpaired) electrons. The number of carboxylic acids is 1. The minimum absolute atomic E-state index is 0.137. The summed E-state index contributed by atoms with van der Waals surface area (Å²) in [5, 5.41) is 13.7. The molecule has 6 nitrogen and oxygen atoms in total. The molecule has 0 aliphatic heterocycles. The van der Waals surface area contributed by atoms with Gasteiger partial charge in [0, 0.05) is 5.38 Å². The number of nitrogens with one attached hydrogen (secondary N) is 2. The van der Waals surface area contributed by atoms with Crippen molar-refractivity contribution in [2.45, 2.75) is 25.3 Å². The van der Waals surface area contributed by atoms with Crippen LogP contribution in [0.25, 0.3) is 10.2 Å². The van der Waals surface area contributed by atoms with Gasteiger partial charge < -0.3 is 19.8 Å². The number of thiophene rings is 1. The van der Waals surface area contributed by atoms with Gasteiger partial charge in [0.05, 0.1) is 28.1 Å². The van der Waals surface area contributed by atoms with E-state index in [1.807, 2.05) is 6.07 Å². The standard InChI is InChI=1S/C16H14N2O4S/c19-15(18-10-3-1-2-8-4-5-22-14(8)10)11-6-12-13(17-11)9(7-23-12)16(20)21/h4-7,10,17H,1-3H2,(H,18,19)(H,20,21). The molecular weight excluding hydrogens is 316 g/mol. The van der Waals surface area contributed by atoms with Gasteiger partial charge in [-0.3, -0.25) is 4.79 Å². The zero-order valence-electron chi connectivity index (χ0n) is 12.1. The number of carbonyl (C=O) groups excluding carboxylic acids is 1. The third-order valence-electron chi connectivity index (χ3n) is 4.17. The maximum atomic E-state index is 12.5. The van der Waals surface area contributed by atoms with Gasteiger partial charge in [-0.1, -0.05) is 0 Å². The molecule has 118 valence electrons. The Morgan fingerprint density at radius 2 is 2.30 bits per heavy atom. The Morgan fingerprint density at radius 3 is 3.13 bits per heavy atom. The van der Waals surface area contributed by atoms with Crippen LogP contribution < -0.4 is 5.32 Å². The van der Waals surface area contributed by atoms with Crippen LogP contribution in [0.4, 0.5) is 0 Å². The van der Waals surface area contributed by atoms with E-state index in [1.54, 1.807) is 17.7 Å². The van der Waals surface area contributed by atoms with E-state index in [0.29, 0.717) is 11.2 Å². The lowest BCUT2D eigenvalue weighted by Crippen LogP contribution is -2.30. The van der Waals surface area contributed by atoms with E-state index < -0.39 is 5.97 Å². The number of hydrogen-bond acceptors (Lipinski definition) is 4. The van der Waals surface area contributed by atoms with Crippen molar-refractivity contribution in [3.63, 3.8) is 0 Å². The van der Waals surface area contributed by atoms with Gasteiger partial charge in [-0.2, -0.15) is 0 Å². The van der Waals surface area contributed by atoms with Gasteiger partial charge in [0.1, 0.15) is 11.5 Å². The zero-order chi connectivity index (χ0) is 16.0. The number of carboxylic acid groups (broad SMARTS) is 1. The molecule has 3 aromatic rings. The number of amides is 1. The molecule has 0 bridgehead atoms. The van der Waals surface area contributed by atoms with Crippen molar-refractivity contribution in [3.8, 4) is 0 Å². The van der Waals surface area contributed by atoms with E-state index in [4.69, 9.17) is 9.52 Å². The highest BCUT2D eigenvalue weighted by Gasteiger charge is 2.26. The molecule has 4 rings (SSSR count). The van der Waals surface area contributed by atoms with Crippen LogP contribution in [0.5, 0.6) is 0 Å². The van der Waals surface area contributed by atoms with Crippen LogP contribution >= 0.6 is 11.3 Å². The molecule has 1 aliphatic rings. The molecule has 3 N–H and O–H groups in total. The Bertz CT molecular complexity index is 904. The lowest BCUT2D eigenvalue weighted by atomic mass is 9.94. The quantitative estimate of drug-likeness (QED) is 0.686. The maximum Gasteiger partial charge on any atom is 0.338 e. The smallest absolute Gasteiger partial charge is 0.338 e. The van der Waals surface area contributed by atoms with Crippen LogP contribution in [0.15, 0.2) is 28.2 Å². The van der Waals surface area contributed by atoms with Crippen LogP contribution in [0.1, 0.15) is 51.1 Å². The second kappa shape index (κ2) is 5.27. The average molecular weight is 330 g/mol. The first-order chi connectivity index (χ1) is 11.1. The van der Waals surface area contributed by atoms with Crippen molar-refractivity contribution in [2.24, 2.45) is 0 Å². The highest BCUT2D eigenvalue weighted by molar-refractivity contribution is 7.17. The second-order valence-electron chi connectivity index (χ2n) is 5.61. The average Bonchev–Trinajstić information content (AvgIpc) is 3.21. The fourth-order valence-electron chi connectivity index (χ4n) is 3.05. The molecule has 1 unspecified atom stereocenters. The van der Waals surface area contributed by atoms with E-state index in [-0.39, 0.29) is 17.5 Å². The Labute approximate surface area is 135 Å². The first kappa shape index (κ1) is 14.1. The molecule has 0 aromatic carbocycles. The van der Waals surface area contributed by atoms with E-state index in [1.165, 1.54) is 11.3 Å². The maximum absolute atomic E-state index is 12.5. The van der Waals surface area contributed by atoms with E-state index in [2.05, 4.69) is 10.3 Å². The van der Waals surface area contributed by atoms with Crippen molar-refractivity contribution in [1.29, 1.82) is 0 Å². The van der Waals surface area contributed by atoms with Crippen molar-refractivity contribution >= 4 is 33.4 Å². The number of fused-ring (bicyclic) bond motifs is 2. The van der Waals surface area contributed by atoms with Gasteiger partial charge in [0.15, 0.2) is 0 Å². The number of rotatable bonds is 3. The fourth-order valence-corrected chi connectivity index (χ4v) is 3.98. The number of aromatic carboxylic acids is 1. The highest BCUT2D eigenvalue weighted by atomic mass is 32.1. The second-order valence-corrected chi connectivity index (χ2v) is 6.52. The van der Waals surface area contributed by atoms with E-state index >= 15 is 0 Å². The van der Waals surface area contributed by atoms with E-state index in [9.17, 15) is 9.59 Å². The molecule has 23 heavy (non-hydrogen) atoms. The minimum atomic E-state index is -1.00. The van der Waals surface area contributed by atoms with Crippen molar-refractivity contribution < 1.29 is 19.1 Å². The van der Waals surface area contributed by atoms with Crippen molar-refractivity contribution in [1.82, 2.24) is 10.3 Å². The summed E-state index contributed by atoms with van der Waals surface area (Å²) in [5.41, 5.74) is 2.19. The number of aromatic amines is 1. The lowest BCUT2D eigenvalue weighted by molar-refractivity contribution is 0.0698. The summed E-state index contributed by atoms with van der Waals surface area (Å²) >= 11 is 1.31. The predicted octanol–water partition coefficient (Wildman–Crippen LogP) is 3.33. The van der Waals surface area contributed by atoms with Crippen LogP contribution in [0, 0.1) is 0 Å². The molecule has 0 spiro atoms. The van der Waals surface area contributed by atoms with Gasteiger partial charge in [-0.15, -0.1) is 11.3 Å². The number of hydrogen-bond donors (Lipinski definition) is 3. The SMILES string of the molecule is O=C(NC1CCCc2ccoc21)c1cc2scc(C(=O)O)c2[nH]1. The molecule has 3 heterocycles. The molecule has 0 fully saturated rings. The highest BCUT2D eigenvalue weighted by Crippen LogP contribution is 2.31. The molecule has 1 amide bonds. The number of H-pyrrole nitrogens is 1. The summed E-state index contributed by atoms with van der Waals surface area (Å²) in [6, 6.07) is 3.49. The lowest BCUT2D eigenvalue weighted by Gasteiger charge is -2.21. The molecule has 3 aromatic heterocycles. The first-order valence-corrected chi connectivity index (χ1v) is 8.22. The molecule has 0 saturated carbocycles. The minimum Gasteiger partial charge on any atom is -0.478 e. The molecule has 0 saturated heterocycles. The number of carbonyl (C=O) groups is 2. The summed E-state index contributed by atoms with van der Waals surface area (Å²) in [4.78, 5) is 26.5. The van der Waals surface area contributed by atoms with Gasteiger partial charge in [0.25, 0.3) is 5.91 Å². The fraction of sp³-hybridized carbons (Fsp3) is 0.250. The van der Waals surface area contributed by atoms with Gasteiger partial charge in [-0.25, -0.2) is 4.79 Å². The Hall–Kier alpha value is -2.54. The van der Waals surface area contributed by atoms with E-state index in [0.717, 1.165) is 35.3 Å². The zero-order valence-corrected chi connectivity index (χ0v) is 12.9. The Kier molecular flexibility index (Phi) is 3.23. The summed E-state index contributed by atoms with van der Waals surface area (Å²) in [6.45, 7) is 0. The summed E-state index contributed by atoms with van der Waals surface area (Å²) in [5.74, 6) is -0.430. The molecule has 7 heteroatoms. The molecule has 1 aliphatic carbocycles. The predicted molar refractivity (Wildman–Crippen MR) is 85.0 cm³/mol. The van der Waals surface area contributed by atoms with Gasteiger partial charge in [-0.05, 0) is 37.0 Å². The van der Waals surface area contributed by atoms with Gasteiger partial charge in [0.2, 0.25) is 0 Å². The number of aryl methyl sites for hydroxylation is 1. The van der Waals surface area contributed by atoms with Crippen molar-refractivity contribution in [2.75, 3.05) is 0 Å². The summed E-state index contributed by atoms with van der Waals surface area (Å²) in [6.07, 6.45) is 4.46. The van der Waals surface area contributed by atoms with Crippen LogP contribution in [-0.4, -0.2) is 22.0 Å². The largest absolute Gasteiger partial charge is 0.478 e. The monoisotopic (exact) mass is 330 g/mol. The van der Waals surface area contributed by atoms with Crippen LogP contribution in [-0.2, 0) is 6.42 Å². The molecule has 1 atom stereocenters. The first-order valence-electron chi connectivity index (χ1n) is 7.34. The summed E-state index contributed by atoms with van der Waals surface area (Å²) < 4.78 is 6.26. The number of furan rings is 1. The molecular formula is C16H14N2O4S.